The first-order valence-corrected chi connectivity index (χ1v) is 7.32. The molecule has 1 aliphatic rings. The molecule has 1 aromatic rings. The molecule has 108 valence electrons. The van der Waals surface area contributed by atoms with Crippen LogP contribution in [-0.4, -0.2) is 30.3 Å². The summed E-state index contributed by atoms with van der Waals surface area (Å²) in [5.41, 5.74) is -0.322. The lowest BCUT2D eigenvalue weighted by molar-refractivity contribution is -0.0527. The summed E-state index contributed by atoms with van der Waals surface area (Å²) in [6.07, 6.45) is 5.59. The van der Waals surface area contributed by atoms with Crippen molar-refractivity contribution in [2.24, 2.45) is 0 Å². The minimum Gasteiger partial charge on any atom is -0.370 e. The van der Waals surface area contributed by atoms with Crippen molar-refractivity contribution in [3.05, 3.63) is 11.7 Å². The number of hydrogen-bond acceptors (Lipinski definition) is 5. The number of hydrogen-bond donors (Lipinski definition) is 1. The number of nitrogens with zero attached hydrogens (tertiary/aromatic N) is 2. The molecule has 1 N–H and O–H groups in total. The van der Waals surface area contributed by atoms with Crippen molar-refractivity contribution in [1.29, 1.82) is 0 Å². The van der Waals surface area contributed by atoms with E-state index in [-0.39, 0.29) is 11.5 Å². The molecule has 19 heavy (non-hydrogen) atoms. The third-order valence-corrected chi connectivity index (χ3v) is 4.02. The van der Waals surface area contributed by atoms with Crippen molar-refractivity contribution in [2.75, 3.05) is 20.2 Å². The first-order chi connectivity index (χ1) is 9.22. The first-order valence-electron chi connectivity index (χ1n) is 7.32. The van der Waals surface area contributed by atoms with Gasteiger partial charge in [-0.3, -0.25) is 0 Å². The second-order valence-corrected chi connectivity index (χ2v) is 5.42. The summed E-state index contributed by atoms with van der Waals surface area (Å²) in [7, 11) is 1.75. The van der Waals surface area contributed by atoms with Gasteiger partial charge in [0.15, 0.2) is 0 Å². The molecule has 1 fully saturated rings. The Labute approximate surface area is 115 Å². The average Bonchev–Trinajstić information content (AvgIpc) is 2.96. The normalized spacial score (nSPS) is 20.4. The van der Waals surface area contributed by atoms with Crippen LogP contribution in [0.15, 0.2) is 4.52 Å². The van der Waals surface area contributed by atoms with Gasteiger partial charge >= 0.3 is 0 Å². The molecule has 0 saturated heterocycles. The van der Waals surface area contributed by atoms with Crippen molar-refractivity contribution in [3.8, 4) is 0 Å². The summed E-state index contributed by atoms with van der Waals surface area (Å²) in [5.74, 6) is 1.67. The quantitative estimate of drug-likeness (QED) is 0.858. The van der Waals surface area contributed by atoms with Gasteiger partial charge in [-0.05, 0) is 19.4 Å². The Morgan fingerprint density at radius 2 is 2.11 bits per heavy atom. The monoisotopic (exact) mass is 267 g/mol. The summed E-state index contributed by atoms with van der Waals surface area (Å²) in [5, 5.41) is 7.47. The predicted molar refractivity (Wildman–Crippen MR) is 73.0 cm³/mol. The van der Waals surface area contributed by atoms with Crippen molar-refractivity contribution in [3.63, 3.8) is 0 Å². The Morgan fingerprint density at radius 3 is 2.74 bits per heavy atom. The van der Waals surface area contributed by atoms with E-state index in [2.05, 4.69) is 29.3 Å². The molecule has 5 nitrogen and oxygen atoms in total. The van der Waals surface area contributed by atoms with Crippen molar-refractivity contribution >= 4 is 0 Å². The Balaban J connectivity index is 2.10. The van der Waals surface area contributed by atoms with Gasteiger partial charge in [0.1, 0.15) is 5.60 Å². The van der Waals surface area contributed by atoms with Crippen LogP contribution in [0.3, 0.4) is 0 Å². The molecule has 0 radical (unpaired) electrons. The Kier molecular flexibility index (Phi) is 4.93. The van der Waals surface area contributed by atoms with E-state index in [1.807, 2.05) is 0 Å². The van der Waals surface area contributed by atoms with E-state index >= 15 is 0 Å². The fourth-order valence-electron chi connectivity index (χ4n) is 2.71. The van der Waals surface area contributed by atoms with Crippen LogP contribution in [0, 0.1) is 0 Å². The van der Waals surface area contributed by atoms with E-state index in [1.54, 1.807) is 7.11 Å². The van der Waals surface area contributed by atoms with Gasteiger partial charge < -0.3 is 14.6 Å². The third kappa shape index (κ3) is 3.15. The highest BCUT2D eigenvalue weighted by molar-refractivity contribution is 5.05. The number of rotatable bonds is 6. The number of likely N-dealkylation sites (N-methyl/N-ethyl adjacent to an activating group) is 1. The molecule has 5 heteroatoms. The summed E-state index contributed by atoms with van der Waals surface area (Å²) in [6, 6.07) is 0. The van der Waals surface area contributed by atoms with Gasteiger partial charge in [0.2, 0.25) is 11.7 Å². The van der Waals surface area contributed by atoms with E-state index in [0.29, 0.717) is 5.89 Å². The van der Waals surface area contributed by atoms with Crippen LogP contribution in [0.25, 0.3) is 0 Å². The highest BCUT2D eigenvalue weighted by atomic mass is 16.5. The second-order valence-electron chi connectivity index (χ2n) is 5.42. The van der Waals surface area contributed by atoms with E-state index in [1.165, 1.54) is 19.3 Å². The smallest absolute Gasteiger partial charge is 0.230 e. The van der Waals surface area contributed by atoms with E-state index in [4.69, 9.17) is 9.26 Å². The molecule has 1 unspecified atom stereocenters. The van der Waals surface area contributed by atoms with Crippen LogP contribution < -0.4 is 5.32 Å². The third-order valence-electron chi connectivity index (χ3n) is 4.02. The van der Waals surface area contributed by atoms with Gasteiger partial charge in [-0.1, -0.05) is 38.3 Å². The molecular formula is C14H25N3O2. The van der Waals surface area contributed by atoms with Gasteiger partial charge in [-0.2, -0.15) is 4.98 Å². The molecule has 1 aromatic heterocycles. The lowest BCUT2D eigenvalue weighted by atomic mass is 9.84. The van der Waals surface area contributed by atoms with E-state index in [9.17, 15) is 0 Å². The zero-order valence-corrected chi connectivity index (χ0v) is 12.2. The number of aromatic nitrogens is 2. The molecule has 0 aliphatic heterocycles. The minimum absolute atomic E-state index is 0.235. The van der Waals surface area contributed by atoms with Crippen LogP contribution in [0.1, 0.15) is 63.6 Å². The number of methoxy groups -OCH3 is 1. The summed E-state index contributed by atoms with van der Waals surface area (Å²) in [4.78, 5) is 4.59. The lowest BCUT2D eigenvalue weighted by Crippen LogP contribution is -2.32. The minimum atomic E-state index is -0.322. The summed E-state index contributed by atoms with van der Waals surface area (Å²) in [6.45, 7) is 6.00. The Hall–Kier alpha value is -0.940. The Morgan fingerprint density at radius 1 is 1.37 bits per heavy atom. The fraction of sp³-hybridized carbons (Fsp3) is 0.857. The molecule has 1 saturated carbocycles. The highest BCUT2D eigenvalue weighted by Crippen LogP contribution is 2.38. The lowest BCUT2D eigenvalue weighted by Gasteiger charge is -2.32. The molecule has 0 spiro atoms. The maximum absolute atomic E-state index is 5.74. The van der Waals surface area contributed by atoms with Gasteiger partial charge in [0.25, 0.3) is 0 Å². The van der Waals surface area contributed by atoms with E-state index < -0.39 is 0 Å². The zero-order chi connectivity index (χ0) is 13.7. The molecule has 0 aromatic carbocycles. The summed E-state index contributed by atoms with van der Waals surface area (Å²) >= 11 is 0. The molecule has 1 atom stereocenters. The zero-order valence-electron chi connectivity index (χ0n) is 12.2. The maximum atomic E-state index is 5.74. The predicted octanol–water partition coefficient (Wildman–Crippen LogP) is 2.59. The summed E-state index contributed by atoms with van der Waals surface area (Å²) < 4.78 is 11.2. The fourth-order valence-corrected chi connectivity index (χ4v) is 2.71. The van der Waals surface area contributed by atoms with Gasteiger partial charge in [0.05, 0.1) is 0 Å². The van der Waals surface area contributed by atoms with Crippen LogP contribution in [0.2, 0.25) is 0 Å². The standard InChI is InChI=1S/C14H25N3O2/c1-4-15-10-11(2)12-16-13(17-19-12)14(18-3)8-6-5-7-9-14/h11,15H,4-10H2,1-3H3. The van der Waals surface area contributed by atoms with Gasteiger partial charge in [-0.25, -0.2) is 0 Å². The first kappa shape index (κ1) is 14.5. The van der Waals surface area contributed by atoms with Crippen molar-refractivity contribution in [1.82, 2.24) is 15.5 Å². The van der Waals surface area contributed by atoms with Crippen molar-refractivity contribution in [2.45, 2.75) is 57.5 Å². The van der Waals surface area contributed by atoms with E-state index in [0.717, 1.165) is 31.8 Å². The van der Waals surface area contributed by atoms with Crippen LogP contribution in [0.5, 0.6) is 0 Å². The average molecular weight is 267 g/mol. The van der Waals surface area contributed by atoms with Crippen molar-refractivity contribution < 1.29 is 9.26 Å². The van der Waals surface area contributed by atoms with Gasteiger partial charge in [-0.15, -0.1) is 0 Å². The topological polar surface area (TPSA) is 60.2 Å². The molecule has 2 rings (SSSR count). The van der Waals surface area contributed by atoms with Crippen LogP contribution >= 0.6 is 0 Å². The largest absolute Gasteiger partial charge is 0.370 e. The molecule has 0 amide bonds. The highest BCUT2D eigenvalue weighted by Gasteiger charge is 2.38. The molecule has 1 heterocycles. The molecular weight excluding hydrogens is 242 g/mol. The van der Waals surface area contributed by atoms with Crippen LogP contribution in [-0.2, 0) is 10.3 Å². The maximum Gasteiger partial charge on any atom is 0.230 e. The van der Waals surface area contributed by atoms with Crippen LogP contribution in [0.4, 0.5) is 0 Å². The van der Waals surface area contributed by atoms with Gasteiger partial charge in [0, 0.05) is 19.6 Å². The Bertz CT molecular complexity index is 386. The molecule has 1 aliphatic carbocycles. The number of nitrogens with one attached hydrogen (secondary N) is 1. The molecule has 0 bridgehead atoms. The number of ether oxygens (including phenoxy) is 1. The SMILES string of the molecule is CCNCC(C)c1nc(C2(OC)CCCCC2)no1. The second kappa shape index (κ2) is 6.48.